The first-order valence-electron chi connectivity index (χ1n) is 8.29. The van der Waals surface area contributed by atoms with Crippen molar-refractivity contribution < 1.29 is 19.1 Å². The number of amides is 2. The highest BCUT2D eigenvalue weighted by molar-refractivity contribution is 5.70. The first kappa shape index (κ1) is 15.4. The number of nitrogens with zero attached hydrogens (tertiary/aromatic N) is 1. The van der Waals surface area contributed by atoms with E-state index in [4.69, 9.17) is 9.47 Å². The molecule has 1 unspecified atom stereocenters. The molecule has 0 aromatic rings. The molecule has 124 valence electrons. The van der Waals surface area contributed by atoms with Crippen LogP contribution in [0.15, 0.2) is 0 Å². The Bertz CT molecular complexity index is 450. The van der Waals surface area contributed by atoms with Crippen LogP contribution in [0.4, 0.5) is 9.59 Å². The number of carbonyl (C=O) groups excluding carboxylic acids is 2. The van der Waals surface area contributed by atoms with E-state index in [9.17, 15) is 9.59 Å². The van der Waals surface area contributed by atoms with Crippen molar-refractivity contribution in [1.29, 1.82) is 0 Å². The van der Waals surface area contributed by atoms with Crippen LogP contribution in [0.1, 0.15) is 52.9 Å². The third-order valence-electron chi connectivity index (χ3n) is 4.85. The molecule has 0 spiro atoms. The smallest absolute Gasteiger partial charge is 0.410 e. The molecular weight excluding hydrogens is 284 g/mol. The van der Waals surface area contributed by atoms with E-state index in [2.05, 4.69) is 5.32 Å². The molecule has 0 bridgehead atoms. The SMILES string of the molecule is CC(C)(C)OC(=O)N(C1CCC1)[C@H]1C[C@H](C2CNC(=O)O2)C1. The van der Waals surface area contributed by atoms with Crippen LogP contribution in [0.3, 0.4) is 0 Å². The molecule has 1 heterocycles. The van der Waals surface area contributed by atoms with Gasteiger partial charge in [0.05, 0.1) is 6.54 Å². The second-order valence-corrected chi connectivity index (χ2v) is 7.68. The first-order valence-corrected chi connectivity index (χ1v) is 8.29. The standard InChI is InChI=1S/C16H26N2O4/c1-16(2,3)22-15(20)18(11-5-4-6-11)12-7-10(8-12)13-9-17-14(19)21-13/h10-13H,4-9H2,1-3H3,(H,17,19)/t10-,12-,13?. The minimum atomic E-state index is -0.465. The van der Waals surface area contributed by atoms with Crippen LogP contribution in [0.25, 0.3) is 0 Å². The van der Waals surface area contributed by atoms with Crippen molar-refractivity contribution in [2.24, 2.45) is 5.92 Å². The number of alkyl carbamates (subject to hydrolysis) is 1. The quantitative estimate of drug-likeness (QED) is 0.870. The molecule has 22 heavy (non-hydrogen) atoms. The zero-order chi connectivity index (χ0) is 15.9. The minimum Gasteiger partial charge on any atom is -0.444 e. The Labute approximate surface area is 131 Å². The molecule has 3 rings (SSSR count). The number of hydrogen-bond donors (Lipinski definition) is 1. The van der Waals surface area contributed by atoms with Crippen LogP contribution in [0, 0.1) is 5.92 Å². The van der Waals surface area contributed by atoms with Gasteiger partial charge in [-0.1, -0.05) is 0 Å². The number of cyclic esters (lactones) is 1. The molecule has 1 atom stereocenters. The number of rotatable bonds is 3. The predicted octanol–water partition coefficient (Wildman–Crippen LogP) is 2.66. The average molecular weight is 310 g/mol. The summed E-state index contributed by atoms with van der Waals surface area (Å²) in [5.74, 6) is 0.356. The molecule has 1 saturated heterocycles. The molecule has 2 aliphatic carbocycles. The summed E-state index contributed by atoms with van der Waals surface area (Å²) in [6, 6.07) is 0.550. The molecule has 2 saturated carbocycles. The molecular formula is C16H26N2O4. The second kappa shape index (κ2) is 5.63. The molecule has 1 N–H and O–H groups in total. The third kappa shape index (κ3) is 3.15. The van der Waals surface area contributed by atoms with Crippen LogP contribution in [0.2, 0.25) is 0 Å². The average Bonchev–Trinajstić information content (AvgIpc) is 2.67. The van der Waals surface area contributed by atoms with Crippen molar-refractivity contribution in [3.63, 3.8) is 0 Å². The van der Waals surface area contributed by atoms with E-state index >= 15 is 0 Å². The zero-order valence-electron chi connectivity index (χ0n) is 13.6. The Morgan fingerprint density at radius 3 is 2.41 bits per heavy atom. The summed E-state index contributed by atoms with van der Waals surface area (Å²) < 4.78 is 10.8. The van der Waals surface area contributed by atoms with Crippen molar-refractivity contribution in [3.05, 3.63) is 0 Å². The summed E-state index contributed by atoms with van der Waals surface area (Å²) in [6.45, 7) is 6.29. The van der Waals surface area contributed by atoms with E-state index in [1.54, 1.807) is 0 Å². The summed E-state index contributed by atoms with van der Waals surface area (Å²) in [7, 11) is 0. The fourth-order valence-electron chi connectivity index (χ4n) is 3.40. The van der Waals surface area contributed by atoms with Crippen LogP contribution >= 0.6 is 0 Å². The summed E-state index contributed by atoms with van der Waals surface area (Å²) >= 11 is 0. The molecule has 1 aliphatic heterocycles. The topological polar surface area (TPSA) is 67.9 Å². The van der Waals surface area contributed by atoms with Crippen molar-refractivity contribution >= 4 is 12.2 Å². The van der Waals surface area contributed by atoms with Crippen LogP contribution in [-0.2, 0) is 9.47 Å². The summed E-state index contributed by atoms with van der Waals surface area (Å²) in [6.07, 6.45) is 4.57. The van der Waals surface area contributed by atoms with Crippen LogP contribution in [0.5, 0.6) is 0 Å². The van der Waals surface area contributed by atoms with Gasteiger partial charge in [0.2, 0.25) is 0 Å². The van der Waals surface area contributed by atoms with Gasteiger partial charge < -0.3 is 19.7 Å². The highest BCUT2D eigenvalue weighted by Gasteiger charge is 2.46. The maximum absolute atomic E-state index is 12.5. The Hall–Kier alpha value is -1.46. The first-order chi connectivity index (χ1) is 10.3. The second-order valence-electron chi connectivity index (χ2n) is 7.68. The lowest BCUT2D eigenvalue weighted by atomic mass is 9.74. The molecule has 6 heteroatoms. The monoisotopic (exact) mass is 310 g/mol. The van der Waals surface area contributed by atoms with Gasteiger partial charge in [-0.05, 0) is 52.9 Å². The maximum Gasteiger partial charge on any atom is 0.410 e. The Kier molecular flexibility index (Phi) is 3.95. The lowest BCUT2D eigenvalue weighted by Gasteiger charge is -2.49. The number of ether oxygens (including phenoxy) is 2. The normalized spacial score (nSPS) is 31.6. The van der Waals surface area contributed by atoms with Crippen molar-refractivity contribution in [3.8, 4) is 0 Å². The highest BCUT2D eigenvalue weighted by atomic mass is 16.6. The van der Waals surface area contributed by atoms with Gasteiger partial charge in [-0.2, -0.15) is 0 Å². The van der Waals surface area contributed by atoms with Gasteiger partial charge in [-0.25, -0.2) is 9.59 Å². The van der Waals surface area contributed by atoms with E-state index in [1.807, 2.05) is 25.7 Å². The van der Waals surface area contributed by atoms with Gasteiger partial charge in [0, 0.05) is 18.0 Å². The fraction of sp³-hybridized carbons (Fsp3) is 0.875. The molecule has 3 fully saturated rings. The van der Waals surface area contributed by atoms with Crippen molar-refractivity contribution in [2.75, 3.05) is 6.54 Å². The number of hydrogen-bond acceptors (Lipinski definition) is 4. The van der Waals surface area contributed by atoms with E-state index in [0.29, 0.717) is 18.5 Å². The van der Waals surface area contributed by atoms with Gasteiger partial charge >= 0.3 is 12.2 Å². The summed E-state index contributed by atoms with van der Waals surface area (Å²) in [5.41, 5.74) is -0.465. The summed E-state index contributed by atoms with van der Waals surface area (Å²) in [5, 5.41) is 2.70. The highest BCUT2D eigenvalue weighted by Crippen LogP contribution is 2.40. The van der Waals surface area contributed by atoms with Crippen molar-refractivity contribution in [1.82, 2.24) is 10.2 Å². The molecule has 6 nitrogen and oxygen atoms in total. The van der Waals surface area contributed by atoms with E-state index in [-0.39, 0.29) is 24.3 Å². The minimum absolute atomic E-state index is 0.0365. The zero-order valence-corrected chi connectivity index (χ0v) is 13.6. The number of nitrogens with one attached hydrogen (secondary N) is 1. The largest absolute Gasteiger partial charge is 0.444 e. The lowest BCUT2D eigenvalue weighted by Crippen LogP contribution is -2.57. The maximum atomic E-state index is 12.5. The van der Waals surface area contributed by atoms with Gasteiger partial charge in [0.15, 0.2) is 0 Å². The van der Waals surface area contributed by atoms with Crippen molar-refractivity contribution in [2.45, 2.75) is 76.7 Å². The number of carbonyl (C=O) groups is 2. The van der Waals surface area contributed by atoms with Crippen LogP contribution < -0.4 is 5.32 Å². The molecule has 0 aromatic heterocycles. The van der Waals surface area contributed by atoms with Gasteiger partial charge in [-0.15, -0.1) is 0 Å². The van der Waals surface area contributed by atoms with Crippen LogP contribution in [-0.4, -0.2) is 47.4 Å². The predicted molar refractivity (Wildman–Crippen MR) is 80.5 cm³/mol. The molecule has 0 radical (unpaired) electrons. The molecule has 3 aliphatic rings. The van der Waals surface area contributed by atoms with E-state index < -0.39 is 5.60 Å². The Morgan fingerprint density at radius 2 is 1.95 bits per heavy atom. The van der Waals surface area contributed by atoms with Gasteiger partial charge in [0.1, 0.15) is 11.7 Å². The molecule has 2 amide bonds. The van der Waals surface area contributed by atoms with E-state index in [0.717, 1.165) is 25.7 Å². The van der Waals surface area contributed by atoms with Gasteiger partial charge in [0.25, 0.3) is 0 Å². The van der Waals surface area contributed by atoms with E-state index in [1.165, 1.54) is 6.42 Å². The molecule has 0 aromatic carbocycles. The third-order valence-corrected chi connectivity index (χ3v) is 4.85. The fourth-order valence-corrected chi connectivity index (χ4v) is 3.40. The van der Waals surface area contributed by atoms with Gasteiger partial charge in [-0.3, -0.25) is 0 Å². The Morgan fingerprint density at radius 1 is 1.27 bits per heavy atom. The summed E-state index contributed by atoms with van der Waals surface area (Å²) in [4.78, 5) is 25.6. The lowest BCUT2D eigenvalue weighted by molar-refractivity contribution is -0.0449. The Balaban J connectivity index is 1.57.